The van der Waals surface area contributed by atoms with Crippen molar-refractivity contribution in [1.29, 1.82) is 0 Å². The summed E-state index contributed by atoms with van der Waals surface area (Å²) in [6, 6.07) is 0. The zero-order valence-corrected chi connectivity index (χ0v) is 14.4. The quantitative estimate of drug-likeness (QED) is 0.555. The molecule has 0 radical (unpaired) electrons. The van der Waals surface area contributed by atoms with E-state index >= 15 is 0 Å². The van der Waals surface area contributed by atoms with Gasteiger partial charge < -0.3 is 16.4 Å². The van der Waals surface area contributed by atoms with Gasteiger partial charge in [-0.25, -0.2) is 4.98 Å². The first-order valence-electron chi connectivity index (χ1n) is 7.45. The molecule has 120 valence electrons. The Morgan fingerprint density at radius 2 is 2.23 bits per heavy atom. The van der Waals surface area contributed by atoms with E-state index in [-0.39, 0.29) is 11.4 Å². The Kier molecular flexibility index (Phi) is 4.90. The summed E-state index contributed by atoms with van der Waals surface area (Å²) >= 11 is 1.59. The van der Waals surface area contributed by atoms with E-state index in [9.17, 15) is 4.79 Å². The summed E-state index contributed by atoms with van der Waals surface area (Å²) in [5.74, 6) is 0.451. The molecule has 4 N–H and O–H groups in total. The van der Waals surface area contributed by atoms with E-state index in [1.807, 2.05) is 27.0 Å². The van der Waals surface area contributed by atoms with Crippen LogP contribution in [0.2, 0.25) is 0 Å². The highest BCUT2D eigenvalue weighted by Gasteiger charge is 2.37. The molecule has 5 nitrogen and oxygen atoms in total. The van der Waals surface area contributed by atoms with Crippen LogP contribution in [0.1, 0.15) is 43.5 Å². The van der Waals surface area contributed by atoms with E-state index in [0.717, 1.165) is 28.3 Å². The van der Waals surface area contributed by atoms with Crippen molar-refractivity contribution in [2.45, 2.75) is 52.6 Å². The molecule has 1 aromatic rings. The van der Waals surface area contributed by atoms with Gasteiger partial charge in [-0.05, 0) is 40.5 Å². The number of rotatable bonds is 6. The van der Waals surface area contributed by atoms with Gasteiger partial charge in [-0.2, -0.15) is 0 Å². The minimum Gasteiger partial charge on any atom is -0.385 e. The van der Waals surface area contributed by atoms with Crippen LogP contribution in [0.15, 0.2) is 29.2 Å². The van der Waals surface area contributed by atoms with Crippen molar-refractivity contribution in [3.8, 4) is 0 Å². The summed E-state index contributed by atoms with van der Waals surface area (Å²) in [6.07, 6.45) is 5.83. The van der Waals surface area contributed by atoms with Crippen LogP contribution in [0, 0.1) is 6.92 Å². The minimum absolute atomic E-state index is 0.0963. The van der Waals surface area contributed by atoms with Crippen LogP contribution < -0.4 is 16.4 Å². The van der Waals surface area contributed by atoms with Crippen LogP contribution in [0.25, 0.3) is 0 Å². The van der Waals surface area contributed by atoms with Crippen LogP contribution in [0.4, 0.5) is 0 Å². The van der Waals surface area contributed by atoms with Gasteiger partial charge in [0.15, 0.2) is 0 Å². The Morgan fingerprint density at radius 3 is 2.73 bits per heavy atom. The zero-order chi connectivity index (χ0) is 16.3. The molecule has 1 aliphatic carbocycles. The fraction of sp³-hybridized carbons (Fsp3) is 0.500. The average Bonchev–Trinajstić information content (AvgIpc) is 3.04. The molecule has 1 aliphatic rings. The Morgan fingerprint density at radius 1 is 1.55 bits per heavy atom. The second kappa shape index (κ2) is 6.52. The standard InChI is InChI=1S/C16H24N4OS/c1-5-12(11(3)14(17)20-16(4)6-7-16)15(21)19-9-13-18-8-10(2)22-13/h5,8,20H,6-7,9,17H2,1-4H3,(H,19,21)/b12-5-,14-11-. The highest BCUT2D eigenvalue weighted by molar-refractivity contribution is 7.11. The molecule has 6 heteroatoms. The maximum absolute atomic E-state index is 12.4. The number of amides is 1. The third kappa shape index (κ3) is 4.10. The van der Waals surface area contributed by atoms with E-state index in [4.69, 9.17) is 5.73 Å². The fourth-order valence-electron chi connectivity index (χ4n) is 2.13. The van der Waals surface area contributed by atoms with E-state index in [1.165, 1.54) is 0 Å². The number of thiazole rings is 1. The third-order valence-electron chi connectivity index (χ3n) is 3.85. The van der Waals surface area contributed by atoms with Gasteiger partial charge in [0.25, 0.3) is 5.91 Å². The van der Waals surface area contributed by atoms with Crippen molar-refractivity contribution >= 4 is 17.2 Å². The number of nitrogens with zero attached hydrogens (tertiary/aromatic N) is 1. The highest BCUT2D eigenvalue weighted by atomic mass is 32.1. The predicted molar refractivity (Wildman–Crippen MR) is 90.1 cm³/mol. The van der Waals surface area contributed by atoms with Crippen LogP contribution in [-0.2, 0) is 11.3 Å². The second-order valence-electron chi connectivity index (χ2n) is 5.97. The molecule has 1 fully saturated rings. The highest BCUT2D eigenvalue weighted by Crippen LogP contribution is 2.35. The average molecular weight is 320 g/mol. The minimum atomic E-state index is -0.126. The SMILES string of the molecule is C/C=C(C(=O)NCc1ncc(C)s1)/C(C)=C(/N)NC1(C)CC1. The van der Waals surface area contributed by atoms with Crippen molar-refractivity contribution in [2.24, 2.45) is 5.73 Å². The number of carbonyl (C=O) groups excluding carboxylic acids is 1. The lowest BCUT2D eigenvalue weighted by Gasteiger charge is -2.17. The van der Waals surface area contributed by atoms with E-state index < -0.39 is 0 Å². The van der Waals surface area contributed by atoms with Crippen LogP contribution >= 0.6 is 11.3 Å². The van der Waals surface area contributed by atoms with Crippen molar-refractivity contribution in [1.82, 2.24) is 15.6 Å². The van der Waals surface area contributed by atoms with E-state index in [2.05, 4.69) is 22.5 Å². The molecular formula is C16H24N4OS. The molecule has 0 atom stereocenters. The first-order chi connectivity index (χ1) is 10.3. The molecule has 0 unspecified atom stereocenters. The van der Waals surface area contributed by atoms with Crippen LogP contribution in [0.3, 0.4) is 0 Å². The molecule has 1 amide bonds. The summed E-state index contributed by atoms with van der Waals surface area (Å²) in [7, 11) is 0. The number of aryl methyl sites for hydroxylation is 1. The molecule has 22 heavy (non-hydrogen) atoms. The number of nitrogens with two attached hydrogens (primary N) is 1. The molecule has 1 aromatic heterocycles. The molecule has 0 bridgehead atoms. The first-order valence-corrected chi connectivity index (χ1v) is 8.27. The summed E-state index contributed by atoms with van der Waals surface area (Å²) in [6.45, 7) is 8.28. The van der Waals surface area contributed by atoms with Gasteiger partial charge in [-0.1, -0.05) is 6.08 Å². The normalized spacial score (nSPS) is 17.7. The molecule has 0 saturated heterocycles. The lowest BCUT2D eigenvalue weighted by Crippen LogP contribution is -2.34. The van der Waals surface area contributed by atoms with Gasteiger partial charge in [-0.3, -0.25) is 4.79 Å². The molecular weight excluding hydrogens is 296 g/mol. The first kappa shape index (κ1) is 16.5. The van der Waals surface area contributed by atoms with Crippen LogP contribution in [-0.4, -0.2) is 16.4 Å². The van der Waals surface area contributed by atoms with E-state index in [0.29, 0.717) is 17.9 Å². The molecule has 0 spiro atoms. The zero-order valence-electron chi connectivity index (χ0n) is 13.6. The van der Waals surface area contributed by atoms with Gasteiger partial charge in [0.05, 0.1) is 6.54 Å². The monoisotopic (exact) mass is 320 g/mol. The fourth-order valence-corrected chi connectivity index (χ4v) is 2.86. The Balaban J connectivity index is 2.00. The summed E-state index contributed by atoms with van der Waals surface area (Å²) in [5.41, 5.74) is 7.58. The molecule has 1 saturated carbocycles. The largest absolute Gasteiger partial charge is 0.385 e. The third-order valence-corrected chi connectivity index (χ3v) is 4.76. The second-order valence-corrected chi connectivity index (χ2v) is 7.29. The van der Waals surface area contributed by atoms with Crippen molar-refractivity contribution in [2.75, 3.05) is 0 Å². The number of aromatic nitrogens is 1. The van der Waals surface area contributed by atoms with Gasteiger partial charge >= 0.3 is 0 Å². The maximum atomic E-state index is 12.4. The number of carbonyl (C=O) groups is 1. The van der Waals surface area contributed by atoms with Crippen LogP contribution in [0.5, 0.6) is 0 Å². The van der Waals surface area contributed by atoms with Crippen molar-refractivity contribution in [3.63, 3.8) is 0 Å². The molecule has 2 rings (SSSR count). The van der Waals surface area contributed by atoms with Gasteiger partial charge in [-0.15, -0.1) is 11.3 Å². The van der Waals surface area contributed by atoms with Crippen molar-refractivity contribution < 1.29 is 4.79 Å². The van der Waals surface area contributed by atoms with Gasteiger partial charge in [0.1, 0.15) is 10.8 Å². The number of hydrogen-bond donors (Lipinski definition) is 3. The molecule has 1 heterocycles. The number of nitrogens with one attached hydrogen (secondary N) is 2. The smallest absolute Gasteiger partial charge is 0.251 e. The lowest BCUT2D eigenvalue weighted by atomic mass is 10.1. The lowest BCUT2D eigenvalue weighted by molar-refractivity contribution is -0.117. The Hall–Kier alpha value is -1.82. The van der Waals surface area contributed by atoms with Crippen molar-refractivity contribution in [3.05, 3.63) is 39.1 Å². The maximum Gasteiger partial charge on any atom is 0.251 e. The Labute approximate surface area is 135 Å². The summed E-state index contributed by atoms with van der Waals surface area (Å²) in [4.78, 5) is 17.7. The number of hydrogen-bond acceptors (Lipinski definition) is 5. The van der Waals surface area contributed by atoms with Gasteiger partial charge in [0.2, 0.25) is 0 Å². The van der Waals surface area contributed by atoms with E-state index in [1.54, 1.807) is 17.4 Å². The number of allylic oxidation sites excluding steroid dienone is 1. The topological polar surface area (TPSA) is 80.0 Å². The molecule has 0 aromatic carbocycles. The van der Waals surface area contributed by atoms with Gasteiger partial charge in [0, 0.05) is 27.8 Å². The summed E-state index contributed by atoms with van der Waals surface area (Å²) < 4.78 is 0. The summed E-state index contributed by atoms with van der Waals surface area (Å²) in [5, 5.41) is 7.11. The Bertz CT molecular complexity index is 626. The molecule has 0 aliphatic heterocycles. The predicted octanol–water partition coefficient (Wildman–Crippen LogP) is 2.35.